The minimum atomic E-state index is -3.18. The number of aromatic nitrogens is 1. The molecule has 1 aliphatic rings. The molecule has 1 fully saturated rings. The van der Waals surface area contributed by atoms with Crippen molar-refractivity contribution in [3.63, 3.8) is 0 Å². The number of nitrogens with one attached hydrogen (secondary N) is 1. The van der Waals surface area contributed by atoms with E-state index in [1.807, 2.05) is 19.3 Å². The molecule has 10 heteroatoms. The zero-order chi connectivity index (χ0) is 24.5. The normalized spacial score (nSPS) is 16.0. The lowest BCUT2D eigenvalue weighted by atomic mass is 9.88. The number of benzene rings is 1. The zero-order valence-corrected chi connectivity index (χ0v) is 21.2. The summed E-state index contributed by atoms with van der Waals surface area (Å²) in [4.78, 5) is 18.8. The Morgan fingerprint density at radius 3 is 2.65 bits per heavy atom. The first-order chi connectivity index (χ1) is 16.2. The summed E-state index contributed by atoms with van der Waals surface area (Å²) in [6.07, 6.45) is 3.42. The minimum absolute atomic E-state index is 0.118. The number of aliphatic hydroxyl groups is 1. The summed E-state index contributed by atoms with van der Waals surface area (Å²) >= 11 is 1.65. The molecule has 4 N–H and O–H groups in total. The highest BCUT2D eigenvalue weighted by Crippen LogP contribution is 2.38. The number of carbonyl (C=O) groups excluding carboxylic acids is 1. The van der Waals surface area contributed by atoms with Crippen molar-refractivity contribution in [2.75, 3.05) is 39.0 Å². The van der Waals surface area contributed by atoms with Crippen LogP contribution in [-0.4, -0.2) is 72.7 Å². The van der Waals surface area contributed by atoms with Gasteiger partial charge in [0.2, 0.25) is 10.0 Å². The topological polar surface area (TPSA) is 120 Å². The molecule has 1 aliphatic heterocycles. The second-order valence-electron chi connectivity index (χ2n) is 8.89. The van der Waals surface area contributed by atoms with Gasteiger partial charge < -0.3 is 15.8 Å². The number of nitrogens with two attached hydrogens (primary N) is 1. The Kier molecular flexibility index (Phi) is 7.44. The monoisotopic (exact) mass is 504 g/mol. The SMILES string of the molecule is CCS(=O)(=O)N1CCC(c2c[nH]c3c(C(N)=O)cc(-c4csc(CN(C)CCO)c4)cc23)CC1. The smallest absolute Gasteiger partial charge is 0.250 e. The molecule has 0 saturated carbocycles. The summed E-state index contributed by atoms with van der Waals surface area (Å²) in [5.74, 6) is -0.158. The van der Waals surface area contributed by atoms with Crippen LogP contribution in [0, 0.1) is 0 Å². The number of primary amides is 1. The van der Waals surface area contributed by atoms with Crippen LogP contribution in [0.5, 0.6) is 0 Å². The Morgan fingerprint density at radius 2 is 2.00 bits per heavy atom. The van der Waals surface area contributed by atoms with Crippen molar-refractivity contribution in [2.45, 2.75) is 32.2 Å². The second kappa shape index (κ2) is 10.2. The average molecular weight is 505 g/mol. The number of H-pyrrole nitrogens is 1. The number of piperidine rings is 1. The van der Waals surface area contributed by atoms with E-state index in [1.165, 1.54) is 4.88 Å². The van der Waals surface area contributed by atoms with Crippen molar-refractivity contribution >= 4 is 38.2 Å². The van der Waals surface area contributed by atoms with Gasteiger partial charge in [0.25, 0.3) is 5.91 Å². The van der Waals surface area contributed by atoms with Gasteiger partial charge in [-0.1, -0.05) is 0 Å². The molecule has 0 radical (unpaired) electrons. The van der Waals surface area contributed by atoms with Gasteiger partial charge in [-0.15, -0.1) is 11.3 Å². The number of amides is 1. The highest BCUT2D eigenvalue weighted by Gasteiger charge is 2.29. The minimum Gasteiger partial charge on any atom is -0.395 e. The number of aliphatic hydroxyl groups excluding tert-OH is 1. The molecule has 0 atom stereocenters. The summed E-state index contributed by atoms with van der Waals surface area (Å²) in [6, 6.07) is 6.06. The maximum atomic E-state index is 12.3. The molecule has 0 bridgehead atoms. The maximum absolute atomic E-state index is 12.3. The van der Waals surface area contributed by atoms with Gasteiger partial charge in [0.15, 0.2) is 0 Å². The summed E-state index contributed by atoms with van der Waals surface area (Å²) < 4.78 is 26.1. The molecular weight excluding hydrogens is 472 g/mol. The fraction of sp³-hybridized carbons (Fsp3) is 0.458. The van der Waals surface area contributed by atoms with Crippen molar-refractivity contribution in [1.82, 2.24) is 14.2 Å². The van der Waals surface area contributed by atoms with E-state index >= 15 is 0 Å². The van der Waals surface area contributed by atoms with Crippen LogP contribution in [0.1, 0.15) is 46.5 Å². The van der Waals surface area contributed by atoms with E-state index in [4.69, 9.17) is 10.8 Å². The zero-order valence-electron chi connectivity index (χ0n) is 19.6. The summed E-state index contributed by atoms with van der Waals surface area (Å²) in [6.45, 7) is 4.15. The quantitative estimate of drug-likeness (QED) is 0.414. The van der Waals surface area contributed by atoms with E-state index in [0.717, 1.165) is 47.0 Å². The van der Waals surface area contributed by atoms with Crippen LogP contribution in [0.3, 0.4) is 0 Å². The molecule has 0 spiro atoms. The van der Waals surface area contributed by atoms with E-state index in [2.05, 4.69) is 27.4 Å². The van der Waals surface area contributed by atoms with Crippen LogP contribution in [0.25, 0.3) is 22.0 Å². The second-order valence-corrected chi connectivity index (χ2v) is 12.1. The summed E-state index contributed by atoms with van der Waals surface area (Å²) in [5, 5.41) is 12.2. The van der Waals surface area contributed by atoms with E-state index in [0.29, 0.717) is 25.2 Å². The third kappa shape index (κ3) is 5.06. The Hall–Kier alpha value is -2.24. The van der Waals surface area contributed by atoms with Gasteiger partial charge in [0.05, 0.1) is 23.4 Å². The molecule has 4 rings (SSSR count). The first-order valence-electron chi connectivity index (χ1n) is 11.5. The summed E-state index contributed by atoms with van der Waals surface area (Å²) in [7, 11) is -1.21. The number of sulfonamides is 1. The van der Waals surface area contributed by atoms with Gasteiger partial charge in [0, 0.05) is 42.6 Å². The Morgan fingerprint density at radius 1 is 1.26 bits per heavy atom. The van der Waals surface area contributed by atoms with Crippen molar-refractivity contribution in [3.8, 4) is 11.1 Å². The van der Waals surface area contributed by atoms with Gasteiger partial charge >= 0.3 is 0 Å². The van der Waals surface area contributed by atoms with Crippen LogP contribution in [-0.2, 0) is 16.6 Å². The molecule has 0 unspecified atom stereocenters. The molecule has 2 aromatic heterocycles. The number of rotatable bonds is 9. The van der Waals surface area contributed by atoms with Gasteiger partial charge in [0.1, 0.15) is 0 Å². The van der Waals surface area contributed by atoms with Gasteiger partial charge in [-0.05, 0) is 73.0 Å². The molecule has 1 aromatic carbocycles. The van der Waals surface area contributed by atoms with E-state index in [9.17, 15) is 13.2 Å². The van der Waals surface area contributed by atoms with Crippen LogP contribution in [0.4, 0.5) is 0 Å². The predicted molar refractivity (Wildman–Crippen MR) is 137 cm³/mol. The highest BCUT2D eigenvalue weighted by atomic mass is 32.2. The van der Waals surface area contributed by atoms with Crippen molar-refractivity contribution < 1.29 is 18.3 Å². The molecule has 0 aliphatic carbocycles. The first-order valence-corrected chi connectivity index (χ1v) is 14.0. The number of likely N-dealkylation sites (N-methyl/N-ethyl adjacent to an activating group) is 1. The predicted octanol–water partition coefficient (Wildman–Crippen LogP) is 2.95. The third-order valence-electron chi connectivity index (χ3n) is 6.63. The lowest BCUT2D eigenvalue weighted by Crippen LogP contribution is -2.38. The van der Waals surface area contributed by atoms with Crippen molar-refractivity contribution in [2.24, 2.45) is 5.73 Å². The molecule has 8 nitrogen and oxygen atoms in total. The van der Waals surface area contributed by atoms with Crippen molar-refractivity contribution in [1.29, 1.82) is 0 Å². The van der Waals surface area contributed by atoms with Crippen LogP contribution in [0.15, 0.2) is 29.8 Å². The number of hydrogen-bond acceptors (Lipinski definition) is 6. The molecular formula is C24H32N4O4S2. The number of hydrogen-bond donors (Lipinski definition) is 3. The average Bonchev–Trinajstić information content (AvgIpc) is 3.45. The Bertz CT molecular complexity index is 1270. The standard InChI is InChI=1S/C24H32N4O4S2/c1-3-34(31,32)28-6-4-16(5-7-28)22-13-26-23-20(22)11-17(12-21(23)24(25)30)18-10-19(33-15-18)14-27(2)8-9-29/h10-13,15-16,26,29H,3-9,14H2,1-2H3,(H2,25,30). The molecule has 34 heavy (non-hydrogen) atoms. The molecule has 1 amide bonds. The number of thiophene rings is 1. The van der Waals surface area contributed by atoms with Crippen LogP contribution >= 0.6 is 11.3 Å². The van der Waals surface area contributed by atoms with Crippen LogP contribution < -0.4 is 5.73 Å². The highest BCUT2D eigenvalue weighted by molar-refractivity contribution is 7.89. The Balaban J connectivity index is 1.66. The summed E-state index contributed by atoms with van der Waals surface area (Å²) in [5.41, 5.74) is 9.98. The van der Waals surface area contributed by atoms with Gasteiger partial charge in [-0.2, -0.15) is 0 Å². The van der Waals surface area contributed by atoms with Crippen molar-refractivity contribution in [3.05, 3.63) is 45.8 Å². The molecule has 184 valence electrons. The number of fused-ring (bicyclic) bond motifs is 1. The van der Waals surface area contributed by atoms with E-state index in [1.54, 1.807) is 22.6 Å². The molecule has 3 heterocycles. The van der Waals surface area contributed by atoms with E-state index < -0.39 is 15.9 Å². The van der Waals surface area contributed by atoms with Crippen LogP contribution in [0.2, 0.25) is 0 Å². The largest absolute Gasteiger partial charge is 0.395 e. The number of nitrogens with zero attached hydrogens (tertiary/aromatic N) is 2. The Labute approximate surface area is 204 Å². The fourth-order valence-electron chi connectivity index (χ4n) is 4.71. The maximum Gasteiger partial charge on any atom is 0.250 e. The lowest BCUT2D eigenvalue weighted by molar-refractivity contribution is 0.100. The van der Waals surface area contributed by atoms with E-state index in [-0.39, 0.29) is 18.3 Å². The van der Waals surface area contributed by atoms with Gasteiger partial charge in [-0.3, -0.25) is 9.69 Å². The third-order valence-corrected chi connectivity index (χ3v) is 9.44. The fourth-order valence-corrected chi connectivity index (χ4v) is 6.81. The number of aromatic amines is 1. The number of carbonyl (C=O) groups is 1. The molecule has 1 saturated heterocycles. The lowest BCUT2D eigenvalue weighted by Gasteiger charge is -2.31. The van der Waals surface area contributed by atoms with Gasteiger partial charge in [-0.25, -0.2) is 12.7 Å². The molecule has 3 aromatic rings. The first kappa shape index (κ1) is 24.9.